The number of nitrogens with one attached hydrogen (secondary N) is 1. The number of hydrogen-bond acceptors (Lipinski definition) is 5. The number of sulfonamides is 1. The molecule has 2 aromatic carbocycles. The maximum Gasteiger partial charge on any atom is 0.238 e. The summed E-state index contributed by atoms with van der Waals surface area (Å²) in [5, 5.41) is 8.15. The van der Waals surface area contributed by atoms with Crippen molar-refractivity contribution in [3.63, 3.8) is 0 Å². The number of rotatable bonds is 6. The van der Waals surface area contributed by atoms with Crippen LogP contribution >= 0.6 is 27.7 Å². The predicted octanol–water partition coefficient (Wildman–Crippen LogP) is 3.62. The lowest BCUT2D eigenvalue weighted by Crippen LogP contribution is -2.23. The summed E-state index contributed by atoms with van der Waals surface area (Å²) in [5.41, 5.74) is 2.47. The largest absolute Gasteiger partial charge is 0.325 e. The average molecular weight is 495 g/mol. The molecule has 0 fully saturated rings. The number of aromatic nitrogens is 2. The zero-order chi connectivity index (χ0) is 21.2. The van der Waals surface area contributed by atoms with Gasteiger partial charge in [-0.05, 0) is 48.9 Å². The normalized spacial score (nSPS) is 12.6. The van der Waals surface area contributed by atoms with Crippen molar-refractivity contribution in [1.82, 2.24) is 9.55 Å². The van der Waals surface area contributed by atoms with Crippen LogP contribution in [0.15, 0.2) is 69.3 Å². The fourth-order valence-corrected chi connectivity index (χ4v) is 4.21. The number of nitrogens with two attached hydrogens (primary N) is 1. The minimum absolute atomic E-state index is 0.00796. The first-order valence-electron chi connectivity index (χ1n) is 8.53. The molecule has 3 aromatic rings. The average Bonchev–Trinajstić information content (AvgIpc) is 3.02. The first-order valence-corrected chi connectivity index (χ1v) is 11.7. The standard InChI is InChI=1S/C19H19BrN4O3S2/c1-12(18(25)23-15-7-9-16(10-8-15)29(21,26)27)28-19-22-11-17(24(19)2)13-3-5-14(20)6-4-13/h3-12H,1-2H3,(H,23,25)(H2,21,26,27)/t12-/m1/s1. The minimum Gasteiger partial charge on any atom is -0.325 e. The highest BCUT2D eigenvalue weighted by Crippen LogP contribution is 2.28. The van der Waals surface area contributed by atoms with Crippen LogP contribution in [-0.4, -0.2) is 29.1 Å². The molecule has 1 atom stereocenters. The quantitative estimate of drug-likeness (QED) is 0.508. The highest BCUT2D eigenvalue weighted by molar-refractivity contribution is 9.10. The van der Waals surface area contributed by atoms with E-state index in [0.29, 0.717) is 5.69 Å². The molecule has 0 unspecified atom stereocenters. The van der Waals surface area contributed by atoms with Crippen LogP contribution in [0.5, 0.6) is 0 Å². The number of carbonyl (C=O) groups excluding carboxylic acids is 1. The first kappa shape index (κ1) is 21.6. The molecule has 0 bridgehead atoms. The number of hydrogen-bond donors (Lipinski definition) is 2. The van der Waals surface area contributed by atoms with Gasteiger partial charge in [-0.1, -0.05) is 39.8 Å². The van der Waals surface area contributed by atoms with Crippen molar-refractivity contribution >= 4 is 49.3 Å². The number of anilines is 1. The van der Waals surface area contributed by atoms with Crippen LogP contribution in [0.4, 0.5) is 5.69 Å². The molecule has 7 nitrogen and oxygen atoms in total. The Balaban J connectivity index is 1.68. The highest BCUT2D eigenvalue weighted by Gasteiger charge is 2.19. The Labute approximate surface area is 181 Å². The molecule has 29 heavy (non-hydrogen) atoms. The topological polar surface area (TPSA) is 107 Å². The van der Waals surface area contributed by atoms with E-state index >= 15 is 0 Å². The van der Waals surface area contributed by atoms with E-state index in [1.54, 1.807) is 13.1 Å². The number of thioether (sulfide) groups is 1. The molecule has 152 valence electrons. The van der Waals surface area contributed by atoms with Crippen LogP contribution in [-0.2, 0) is 21.9 Å². The maximum atomic E-state index is 12.5. The summed E-state index contributed by atoms with van der Waals surface area (Å²) in [4.78, 5) is 16.9. The third kappa shape index (κ3) is 5.27. The lowest BCUT2D eigenvalue weighted by atomic mass is 10.2. The Hall–Kier alpha value is -2.14. The molecule has 0 radical (unpaired) electrons. The molecule has 3 rings (SSSR count). The Bertz CT molecular complexity index is 1130. The Kier molecular flexibility index (Phi) is 6.47. The van der Waals surface area contributed by atoms with Gasteiger partial charge in [-0.25, -0.2) is 18.5 Å². The Morgan fingerprint density at radius 2 is 1.79 bits per heavy atom. The van der Waals surface area contributed by atoms with Crippen LogP contribution < -0.4 is 10.5 Å². The molecule has 1 heterocycles. The summed E-state index contributed by atoms with van der Waals surface area (Å²) in [7, 11) is -1.86. The first-order chi connectivity index (χ1) is 13.6. The van der Waals surface area contributed by atoms with Crippen molar-refractivity contribution in [2.24, 2.45) is 12.2 Å². The summed E-state index contributed by atoms with van der Waals surface area (Å²) in [6, 6.07) is 13.6. The van der Waals surface area contributed by atoms with E-state index in [1.807, 2.05) is 35.9 Å². The van der Waals surface area contributed by atoms with E-state index in [-0.39, 0.29) is 10.8 Å². The Morgan fingerprint density at radius 1 is 1.17 bits per heavy atom. The number of benzene rings is 2. The number of carbonyl (C=O) groups is 1. The third-order valence-electron chi connectivity index (χ3n) is 4.19. The fourth-order valence-electron chi connectivity index (χ4n) is 2.57. The maximum absolute atomic E-state index is 12.5. The van der Waals surface area contributed by atoms with Crippen LogP contribution in [0, 0.1) is 0 Å². The predicted molar refractivity (Wildman–Crippen MR) is 118 cm³/mol. The summed E-state index contributed by atoms with van der Waals surface area (Å²) < 4.78 is 25.6. The van der Waals surface area contributed by atoms with Gasteiger partial charge in [0.05, 0.1) is 22.0 Å². The van der Waals surface area contributed by atoms with Gasteiger partial charge in [0.2, 0.25) is 15.9 Å². The fraction of sp³-hybridized carbons (Fsp3) is 0.158. The van der Waals surface area contributed by atoms with Gasteiger partial charge in [0.25, 0.3) is 0 Å². The lowest BCUT2D eigenvalue weighted by Gasteiger charge is -2.12. The smallest absolute Gasteiger partial charge is 0.238 e. The summed E-state index contributed by atoms with van der Waals surface area (Å²) in [6.45, 7) is 1.78. The van der Waals surface area contributed by atoms with Crippen LogP contribution in [0.3, 0.4) is 0 Å². The molecule has 1 amide bonds. The van der Waals surface area contributed by atoms with Crippen LogP contribution in [0.25, 0.3) is 11.3 Å². The van der Waals surface area contributed by atoms with Gasteiger partial charge in [-0.3, -0.25) is 4.79 Å². The summed E-state index contributed by atoms with van der Waals surface area (Å²) in [6.07, 6.45) is 1.78. The molecule has 0 spiro atoms. The minimum atomic E-state index is -3.76. The molecule has 0 saturated carbocycles. The highest BCUT2D eigenvalue weighted by atomic mass is 79.9. The number of primary sulfonamides is 1. The molecule has 1 aromatic heterocycles. The van der Waals surface area contributed by atoms with Gasteiger partial charge < -0.3 is 9.88 Å². The lowest BCUT2D eigenvalue weighted by molar-refractivity contribution is -0.115. The van der Waals surface area contributed by atoms with E-state index < -0.39 is 15.3 Å². The summed E-state index contributed by atoms with van der Waals surface area (Å²) in [5.74, 6) is -0.216. The van der Waals surface area contributed by atoms with Crippen LogP contribution in [0.2, 0.25) is 0 Å². The number of amides is 1. The molecule has 0 aliphatic heterocycles. The second-order valence-electron chi connectivity index (χ2n) is 6.31. The van der Waals surface area contributed by atoms with Crippen molar-refractivity contribution in [2.75, 3.05) is 5.32 Å². The molecule has 3 N–H and O–H groups in total. The van der Waals surface area contributed by atoms with Gasteiger partial charge in [0, 0.05) is 17.2 Å². The second-order valence-corrected chi connectivity index (χ2v) is 10.1. The van der Waals surface area contributed by atoms with Gasteiger partial charge >= 0.3 is 0 Å². The molecule has 0 saturated heterocycles. The second kappa shape index (κ2) is 8.70. The van der Waals surface area contributed by atoms with Crippen molar-refractivity contribution in [2.45, 2.75) is 22.2 Å². The number of nitrogens with zero attached hydrogens (tertiary/aromatic N) is 2. The number of imidazole rings is 1. The van der Waals surface area contributed by atoms with Gasteiger partial charge in [0.15, 0.2) is 5.16 Å². The van der Waals surface area contributed by atoms with Crippen molar-refractivity contribution in [3.05, 3.63) is 59.2 Å². The zero-order valence-electron chi connectivity index (χ0n) is 15.7. The van der Waals surface area contributed by atoms with Crippen LogP contribution in [0.1, 0.15) is 6.92 Å². The Morgan fingerprint density at radius 3 is 2.38 bits per heavy atom. The third-order valence-corrected chi connectivity index (χ3v) is 6.80. The number of halogens is 1. The van der Waals surface area contributed by atoms with E-state index in [9.17, 15) is 13.2 Å². The van der Waals surface area contributed by atoms with E-state index in [4.69, 9.17) is 5.14 Å². The zero-order valence-corrected chi connectivity index (χ0v) is 18.9. The van der Waals surface area contributed by atoms with Crippen molar-refractivity contribution < 1.29 is 13.2 Å². The van der Waals surface area contributed by atoms with E-state index in [0.717, 1.165) is 20.9 Å². The molecule has 10 heteroatoms. The van der Waals surface area contributed by atoms with Crippen molar-refractivity contribution in [1.29, 1.82) is 0 Å². The molecular weight excluding hydrogens is 476 g/mol. The van der Waals surface area contributed by atoms with E-state index in [2.05, 4.69) is 26.2 Å². The van der Waals surface area contributed by atoms with Gasteiger partial charge in [-0.15, -0.1) is 0 Å². The molecular formula is C19H19BrN4O3S2. The molecule has 0 aliphatic rings. The molecule has 0 aliphatic carbocycles. The van der Waals surface area contributed by atoms with E-state index in [1.165, 1.54) is 36.0 Å². The summed E-state index contributed by atoms with van der Waals surface area (Å²) >= 11 is 4.76. The monoisotopic (exact) mass is 494 g/mol. The van der Waals surface area contributed by atoms with Gasteiger partial charge in [0.1, 0.15) is 0 Å². The van der Waals surface area contributed by atoms with Gasteiger partial charge in [-0.2, -0.15) is 0 Å². The van der Waals surface area contributed by atoms with Crippen molar-refractivity contribution in [3.8, 4) is 11.3 Å². The SMILES string of the molecule is C[C@@H](Sc1ncc(-c2ccc(Br)cc2)n1C)C(=O)Nc1ccc(S(N)(=O)=O)cc1.